The van der Waals surface area contributed by atoms with E-state index in [0.717, 1.165) is 25.3 Å². The van der Waals surface area contributed by atoms with E-state index in [-0.39, 0.29) is 24.2 Å². The zero-order chi connectivity index (χ0) is 20.9. The Morgan fingerprint density at radius 2 is 1.83 bits per heavy atom. The second-order valence-electron chi connectivity index (χ2n) is 7.91. The summed E-state index contributed by atoms with van der Waals surface area (Å²) in [6, 6.07) is 15.4. The summed E-state index contributed by atoms with van der Waals surface area (Å²) in [7, 11) is 0. The van der Waals surface area contributed by atoms with E-state index in [1.165, 1.54) is 5.56 Å². The lowest BCUT2D eigenvalue weighted by molar-refractivity contribution is -0.137. The lowest BCUT2D eigenvalue weighted by atomic mass is 10.1. The Kier molecular flexibility index (Phi) is 6.05. The minimum absolute atomic E-state index is 0.0263. The molecule has 2 aliphatic rings. The molecule has 7 heteroatoms. The standard InChI is InChI=1S/C23H25N5O2/c24-14-18-4-6-19(7-5-18)15-26-9-11-27(12-10-26)23(30)20-13-22(29)28(16-20)17-21-3-1-2-8-25-21/h1-8,20H,9-13,15-17H2/t20-/m0/s1. The first-order valence-electron chi connectivity index (χ1n) is 10.3. The van der Waals surface area contributed by atoms with E-state index in [1.54, 1.807) is 11.1 Å². The fourth-order valence-electron chi connectivity index (χ4n) is 4.11. The van der Waals surface area contributed by atoms with Gasteiger partial charge in [-0.05, 0) is 29.8 Å². The van der Waals surface area contributed by atoms with Gasteiger partial charge in [-0.3, -0.25) is 19.5 Å². The van der Waals surface area contributed by atoms with Crippen LogP contribution in [0.5, 0.6) is 0 Å². The number of nitrogens with zero attached hydrogens (tertiary/aromatic N) is 5. The molecule has 30 heavy (non-hydrogen) atoms. The average Bonchev–Trinajstić information content (AvgIpc) is 3.15. The Hall–Kier alpha value is -3.24. The van der Waals surface area contributed by atoms with E-state index >= 15 is 0 Å². The maximum atomic E-state index is 13.0. The molecule has 2 aliphatic heterocycles. The van der Waals surface area contributed by atoms with Gasteiger partial charge in [0.05, 0.1) is 29.8 Å². The first-order valence-corrected chi connectivity index (χ1v) is 10.3. The maximum absolute atomic E-state index is 13.0. The number of benzene rings is 1. The Bertz CT molecular complexity index is 930. The van der Waals surface area contributed by atoms with E-state index in [0.29, 0.717) is 31.7 Å². The number of rotatable bonds is 5. The summed E-state index contributed by atoms with van der Waals surface area (Å²) < 4.78 is 0. The van der Waals surface area contributed by atoms with Crippen molar-refractivity contribution in [1.29, 1.82) is 5.26 Å². The Labute approximate surface area is 176 Å². The van der Waals surface area contributed by atoms with Crippen LogP contribution in [0.3, 0.4) is 0 Å². The molecule has 1 aromatic heterocycles. The van der Waals surface area contributed by atoms with Crippen molar-refractivity contribution in [2.45, 2.75) is 19.5 Å². The van der Waals surface area contributed by atoms with Gasteiger partial charge in [0.15, 0.2) is 0 Å². The molecule has 0 N–H and O–H groups in total. The summed E-state index contributed by atoms with van der Waals surface area (Å²) in [6.45, 7) is 4.73. The molecule has 7 nitrogen and oxygen atoms in total. The minimum atomic E-state index is -0.258. The third-order valence-corrected chi connectivity index (χ3v) is 5.82. The molecule has 2 fully saturated rings. The molecule has 0 radical (unpaired) electrons. The van der Waals surface area contributed by atoms with Crippen LogP contribution in [0, 0.1) is 17.2 Å². The Morgan fingerprint density at radius 3 is 2.50 bits per heavy atom. The Balaban J connectivity index is 1.27. The molecule has 0 unspecified atom stereocenters. The quantitative estimate of drug-likeness (QED) is 0.758. The van der Waals surface area contributed by atoms with E-state index < -0.39 is 0 Å². The van der Waals surface area contributed by atoms with Gasteiger partial charge in [0, 0.05) is 51.9 Å². The van der Waals surface area contributed by atoms with E-state index in [2.05, 4.69) is 16.0 Å². The largest absolute Gasteiger partial charge is 0.340 e. The molecule has 0 aliphatic carbocycles. The van der Waals surface area contributed by atoms with Crippen LogP contribution in [0.25, 0.3) is 0 Å². The number of hydrogen-bond donors (Lipinski definition) is 0. The molecule has 154 valence electrons. The van der Waals surface area contributed by atoms with Crippen LogP contribution in [0.4, 0.5) is 0 Å². The summed E-state index contributed by atoms with van der Waals surface area (Å²) >= 11 is 0. The van der Waals surface area contributed by atoms with Crippen LogP contribution in [0.1, 0.15) is 23.2 Å². The number of nitriles is 1. The normalized spacial score (nSPS) is 19.7. The number of hydrogen-bond acceptors (Lipinski definition) is 5. The molecule has 2 amide bonds. The van der Waals surface area contributed by atoms with Gasteiger partial charge in [-0.2, -0.15) is 5.26 Å². The van der Waals surface area contributed by atoms with Crippen LogP contribution in [0.15, 0.2) is 48.7 Å². The third-order valence-electron chi connectivity index (χ3n) is 5.82. The van der Waals surface area contributed by atoms with Crippen LogP contribution < -0.4 is 0 Å². The molecule has 2 saturated heterocycles. The summed E-state index contributed by atoms with van der Waals surface area (Å²) in [6.07, 6.45) is 2.01. The van der Waals surface area contributed by atoms with Crippen molar-refractivity contribution in [3.8, 4) is 6.07 Å². The van der Waals surface area contributed by atoms with E-state index in [1.807, 2.05) is 47.4 Å². The lowest BCUT2D eigenvalue weighted by Crippen LogP contribution is -2.50. The highest BCUT2D eigenvalue weighted by Gasteiger charge is 2.37. The topological polar surface area (TPSA) is 80.5 Å². The SMILES string of the molecule is N#Cc1ccc(CN2CCN(C(=O)[C@H]3CC(=O)N(Cc4ccccn4)C3)CC2)cc1. The molecule has 1 atom stereocenters. The van der Waals surface area contributed by atoms with Crippen molar-refractivity contribution in [2.75, 3.05) is 32.7 Å². The van der Waals surface area contributed by atoms with Crippen LogP contribution in [-0.2, 0) is 22.7 Å². The van der Waals surface area contributed by atoms with Crippen molar-refractivity contribution in [3.05, 3.63) is 65.5 Å². The van der Waals surface area contributed by atoms with Crippen LogP contribution in [0.2, 0.25) is 0 Å². The highest BCUT2D eigenvalue weighted by molar-refractivity contribution is 5.89. The summed E-state index contributed by atoms with van der Waals surface area (Å²) in [5.41, 5.74) is 2.67. The molecular formula is C23H25N5O2. The highest BCUT2D eigenvalue weighted by Crippen LogP contribution is 2.22. The average molecular weight is 403 g/mol. The molecule has 3 heterocycles. The summed E-state index contributed by atoms with van der Waals surface area (Å²) in [4.78, 5) is 35.6. The molecule has 4 rings (SSSR count). The zero-order valence-corrected chi connectivity index (χ0v) is 16.9. The first kappa shape index (κ1) is 20.0. The number of aromatic nitrogens is 1. The predicted octanol–water partition coefficient (Wildman–Crippen LogP) is 1.65. The number of piperazine rings is 1. The fourth-order valence-corrected chi connectivity index (χ4v) is 4.11. The summed E-state index contributed by atoms with van der Waals surface area (Å²) in [5, 5.41) is 8.90. The van der Waals surface area contributed by atoms with Gasteiger partial charge < -0.3 is 9.80 Å². The van der Waals surface area contributed by atoms with Crippen molar-refractivity contribution in [1.82, 2.24) is 19.7 Å². The fraction of sp³-hybridized carbons (Fsp3) is 0.391. The van der Waals surface area contributed by atoms with Crippen molar-refractivity contribution < 1.29 is 9.59 Å². The Morgan fingerprint density at radius 1 is 1.07 bits per heavy atom. The maximum Gasteiger partial charge on any atom is 0.228 e. The zero-order valence-electron chi connectivity index (χ0n) is 16.9. The van der Waals surface area contributed by atoms with E-state index in [4.69, 9.17) is 5.26 Å². The van der Waals surface area contributed by atoms with Gasteiger partial charge in [0.25, 0.3) is 0 Å². The van der Waals surface area contributed by atoms with Gasteiger partial charge in [-0.1, -0.05) is 18.2 Å². The van der Waals surface area contributed by atoms with Gasteiger partial charge >= 0.3 is 0 Å². The molecule has 0 saturated carbocycles. The van der Waals surface area contributed by atoms with Crippen molar-refractivity contribution >= 4 is 11.8 Å². The predicted molar refractivity (Wildman–Crippen MR) is 111 cm³/mol. The van der Waals surface area contributed by atoms with Gasteiger partial charge in [-0.25, -0.2) is 0 Å². The lowest BCUT2D eigenvalue weighted by Gasteiger charge is -2.36. The monoisotopic (exact) mass is 403 g/mol. The van der Waals surface area contributed by atoms with Gasteiger partial charge in [-0.15, -0.1) is 0 Å². The van der Waals surface area contributed by atoms with Crippen LogP contribution >= 0.6 is 0 Å². The summed E-state index contributed by atoms with van der Waals surface area (Å²) in [5.74, 6) is -0.144. The van der Waals surface area contributed by atoms with Gasteiger partial charge in [0.2, 0.25) is 11.8 Å². The second-order valence-corrected chi connectivity index (χ2v) is 7.91. The highest BCUT2D eigenvalue weighted by atomic mass is 16.2. The molecule has 0 bridgehead atoms. The van der Waals surface area contributed by atoms with Crippen molar-refractivity contribution in [2.24, 2.45) is 5.92 Å². The number of pyridine rings is 1. The van der Waals surface area contributed by atoms with Crippen molar-refractivity contribution in [3.63, 3.8) is 0 Å². The minimum Gasteiger partial charge on any atom is -0.340 e. The molecule has 1 aromatic carbocycles. The smallest absolute Gasteiger partial charge is 0.228 e. The number of carbonyl (C=O) groups is 2. The van der Waals surface area contributed by atoms with Gasteiger partial charge in [0.1, 0.15) is 0 Å². The molecule has 2 aromatic rings. The molecular weight excluding hydrogens is 378 g/mol. The molecule has 0 spiro atoms. The van der Waals surface area contributed by atoms with Crippen LogP contribution in [-0.4, -0.2) is 64.2 Å². The number of amides is 2. The van der Waals surface area contributed by atoms with E-state index in [9.17, 15) is 9.59 Å². The first-order chi connectivity index (χ1) is 14.6. The number of likely N-dealkylation sites (tertiary alicyclic amines) is 1. The number of carbonyl (C=O) groups excluding carboxylic acids is 2. The third kappa shape index (κ3) is 4.66. The second kappa shape index (κ2) is 9.06.